The zero-order chi connectivity index (χ0) is 14.5. The second-order valence-electron chi connectivity index (χ2n) is 3.94. The highest BCUT2D eigenvalue weighted by Crippen LogP contribution is 2.12. The minimum Gasteiger partial charge on any atom is -0.476 e. The van der Waals surface area contributed by atoms with Crippen LogP contribution >= 0.6 is 0 Å². The Kier molecular flexibility index (Phi) is 4.18. The highest BCUT2D eigenvalue weighted by Gasteiger charge is 2.10. The summed E-state index contributed by atoms with van der Waals surface area (Å²) in [7, 11) is 0. The number of aromatic nitrogens is 5. The second kappa shape index (κ2) is 6.04. The molecule has 0 saturated carbocycles. The lowest BCUT2D eigenvalue weighted by Crippen LogP contribution is -2.14. The minimum atomic E-state index is -1.14. The first-order valence-corrected chi connectivity index (χ1v) is 5.98. The number of hydrogen-bond acceptors (Lipinski definition) is 6. The molecule has 2 rings (SSSR count). The number of nitrogens with zero attached hydrogens (tertiary/aromatic N) is 5. The van der Waals surface area contributed by atoms with Crippen molar-refractivity contribution >= 4 is 11.8 Å². The molecule has 0 spiro atoms. The highest BCUT2D eigenvalue weighted by atomic mass is 19.1. The Morgan fingerprint density at radius 3 is 2.95 bits per heavy atom. The number of aromatic carboxylic acids is 1. The van der Waals surface area contributed by atoms with Gasteiger partial charge in [0.25, 0.3) is 0 Å². The van der Waals surface area contributed by atoms with Crippen LogP contribution in [0.2, 0.25) is 0 Å². The van der Waals surface area contributed by atoms with Gasteiger partial charge in [0.15, 0.2) is 17.3 Å². The summed E-state index contributed by atoms with van der Waals surface area (Å²) in [5.74, 6) is -1.49. The molecule has 0 unspecified atom stereocenters. The fraction of sp³-hybridized carbons (Fsp3) is 0.364. The van der Waals surface area contributed by atoms with Crippen molar-refractivity contribution in [2.45, 2.75) is 19.9 Å². The molecule has 2 aromatic rings. The molecule has 0 radical (unpaired) electrons. The normalized spacial score (nSPS) is 10.5. The van der Waals surface area contributed by atoms with Gasteiger partial charge in [-0.25, -0.2) is 23.8 Å². The van der Waals surface area contributed by atoms with Gasteiger partial charge in [-0.3, -0.25) is 0 Å². The van der Waals surface area contributed by atoms with Gasteiger partial charge in [-0.2, -0.15) is 0 Å². The van der Waals surface area contributed by atoms with Crippen LogP contribution in [0.25, 0.3) is 0 Å². The van der Waals surface area contributed by atoms with Crippen molar-refractivity contribution in [3.8, 4) is 0 Å². The van der Waals surface area contributed by atoms with Gasteiger partial charge in [0.1, 0.15) is 6.33 Å². The number of carbonyl (C=O) groups is 1. The Bertz CT molecular complexity index is 615. The van der Waals surface area contributed by atoms with E-state index in [-0.39, 0.29) is 11.5 Å². The van der Waals surface area contributed by atoms with Crippen molar-refractivity contribution in [3.63, 3.8) is 0 Å². The highest BCUT2D eigenvalue weighted by molar-refractivity contribution is 5.84. The van der Waals surface area contributed by atoms with Gasteiger partial charge >= 0.3 is 5.97 Å². The van der Waals surface area contributed by atoms with Gasteiger partial charge in [-0.15, -0.1) is 5.10 Å². The summed E-state index contributed by atoms with van der Waals surface area (Å²) in [6, 6.07) is 0. The third-order valence-corrected chi connectivity index (χ3v) is 2.59. The summed E-state index contributed by atoms with van der Waals surface area (Å²) in [5, 5.41) is 18.6. The van der Waals surface area contributed by atoms with Crippen molar-refractivity contribution in [3.05, 3.63) is 29.7 Å². The number of rotatable bonds is 6. The van der Waals surface area contributed by atoms with Crippen LogP contribution in [0.3, 0.4) is 0 Å². The van der Waals surface area contributed by atoms with Crippen LogP contribution in [0.15, 0.2) is 12.5 Å². The largest absolute Gasteiger partial charge is 0.476 e. The van der Waals surface area contributed by atoms with Crippen LogP contribution < -0.4 is 5.32 Å². The van der Waals surface area contributed by atoms with E-state index in [1.165, 1.54) is 17.2 Å². The zero-order valence-electron chi connectivity index (χ0n) is 10.7. The second-order valence-corrected chi connectivity index (χ2v) is 3.94. The Morgan fingerprint density at radius 1 is 1.50 bits per heavy atom. The number of aryl methyl sites for hydroxylation is 1. The summed E-state index contributed by atoms with van der Waals surface area (Å²) >= 11 is 0. The number of hydrogen-bond donors (Lipinski definition) is 2. The summed E-state index contributed by atoms with van der Waals surface area (Å²) in [5.41, 5.74) is 0.211. The lowest BCUT2D eigenvalue weighted by atomic mass is 10.3. The van der Waals surface area contributed by atoms with Gasteiger partial charge in [-0.1, -0.05) is 12.1 Å². The van der Waals surface area contributed by atoms with E-state index < -0.39 is 11.8 Å². The summed E-state index contributed by atoms with van der Waals surface area (Å²) < 4.78 is 15.2. The minimum absolute atomic E-state index is 0.121. The lowest BCUT2D eigenvalue weighted by Gasteiger charge is -2.07. The van der Waals surface area contributed by atoms with E-state index in [4.69, 9.17) is 5.11 Å². The maximum absolute atomic E-state index is 13.8. The number of anilines is 1. The third-order valence-electron chi connectivity index (χ3n) is 2.59. The van der Waals surface area contributed by atoms with Crippen molar-refractivity contribution < 1.29 is 14.3 Å². The monoisotopic (exact) mass is 280 g/mol. The predicted molar refractivity (Wildman–Crippen MR) is 66.8 cm³/mol. The molecule has 106 valence electrons. The van der Waals surface area contributed by atoms with Crippen LogP contribution in [0, 0.1) is 5.82 Å². The molecule has 0 aliphatic heterocycles. The molecular weight excluding hydrogens is 267 g/mol. The van der Waals surface area contributed by atoms with Crippen LogP contribution in [0.4, 0.5) is 10.2 Å². The van der Waals surface area contributed by atoms with Crippen molar-refractivity contribution in [1.82, 2.24) is 25.0 Å². The molecule has 0 aliphatic carbocycles. The summed E-state index contributed by atoms with van der Waals surface area (Å²) in [6.45, 7) is 2.47. The van der Waals surface area contributed by atoms with Crippen LogP contribution in [0.5, 0.6) is 0 Å². The van der Waals surface area contributed by atoms with E-state index in [0.717, 1.165) is 0 Å². The third kappa shape index (κ3) is 3.05. The molecule has 0 aromatic carbocycles. The van der Waals surface area contributed by atoms with Crippen LogP contribution in [-0.4, -0.2) is 42.6 Å². The van der Waals surface area contributed by atoms with E-state index in [2.05, 4.69) is 25.6 Å². The van der Waals surface area contributed by atoms with Crippen molar-refractivity contribution in [1.29, 1.82) is 0 Å². The zero-order valence-corrected chi connectivity index (χ0v) is 10.7. The van der Waals surface area contributed by atoms with Crippen LogP contribution in [-0.2, 0) is 13.0 Å². The topological polar surface area (TPSA) is 106 Å². The van der Waals surface area contributed by atoms with Gasteiger partial charge < -0.3 is 10.4 Å². The van der Waals surface area contributed by atoms with E-state index in [1.807, 2.05) is 0 Å². The number of nitrogens with one attached hydrogen (secondary N) is 1. The Morgan fingerprint density at radius 2 is 2.30 bits per heavy atom. The van der Waals surface area contributed by atoms with E-state index in [1.54, 1.807) is 6.92 Å². The maximum atomic E-state index is 13.8. The van der Waals surface area contributed by atoms with E-state index in [0.29, 0.717) is 25.2 Å². The predicted octanol–water partition coefficient (Wildman–Crippen LogP) is 0.580. The fourth-order valence-corrected chi connectivity index (χ4v) is 1.57. The first kappa shape index (κ1) is 13.8. The molecule has 9 heteroatoms. The first-order valence-electron chi connectivity index (χ1n) is 5.98. The smallest absolute Gasteiger partial charge is 0.358 e. The average molecular weight is 280 g/mol. The van der Waals surface area contributed by atoms with Crippen LogP contribution in [0.1, 0.15) is 23.1 Å². The molecule has 2 N–H and O–H groups in total. The van der Waals surface area contributed by atoms with Gasteiger partial charge in [0.2, 0.25) is 0 Å². The molecule has 0 atom stereocenters. The summed E-state index contributed by atoms with van der Waals surface area (Å²) in [6.07, 6.45) is 3.08. The molecule has 0 bridgehead atoms. The van der Waals surface area contributed by atoms with Crippen molar-refractivity contribution in [2.24, 2.45) is 0 Å². The summed E-state index contributed by atoms with van der Waals surface area (Å²) in [4.78, 5) is 18.3. The maximum Gasteiger partial charge on any atom is 0.358 e. The molecule has 0 aliphatic rings. The van der Waals surface area contributed by atoms with Gasteiger partial charge in [0.05, 0.1) is 18.4 Å². The number of halogens is 1. The molecule has 0 saturated heterocycles. The quantitative estimate of drug-likeness (QED) is 0.797. The number of carboxylic acid groups (broad SMARTS) is 1. The van der Waals surface area contributed by atoms with Crippen molar-refractivity contribution in [2.75, 3.05) is 11.9 Å². The van der Waals surface area contributed by atoms with E-state index >= 15 is 0 Å². The molecular formula is C11H13FN6O2. The Labute approximate surface area is 113 Å². The molecule has 2 aromatic heterocycles. The average Bonchev–Trinajstić information content (AvgIpc) is 2.90. The Hall–Kier alpha value is -2.58. The molecule has 0 amide bonds. The standard InChI is InChI=1S/C11H13FN6O2/c1-2-7-9(12)10(15-6-14-7)13-3-4-18-5-8(11(19)20)16-17-18/h5-6H,2-4H2,1H3,(H,19,20)(H,13,14,15). The Balaban J connectivity index is 1.94. The molecule has 8 nitrogen and oxygen atoms in total. The SMILES string of the molecule is CCc1ncnc(NCCn2cc(C(=O)O)nn2)c1F. The molecule has 0 fully saturated rings. The van der Waals surface area contributed by atoms with Gasteiger partial charge in [-0.05, 0) is 6.42 Å². The van der Waals surface area contributed by atoms with E-state index in [9.17, 15) is 9.18 Å². The molecule has 20 heavy (non-hydrogen) atoms. The van der Waals surface area contributed by atoms with Gasteiger partial charge in [0, 0.05) is 6.54 Å². The fourth-order valence-electron chi connectivity index (χ4n) is 1.57. The molecule has 2 heterocycles. The number of carboxylic acids is 1. The lowest BCUT2D eigenvalue weighted by molar-refractivity contribution is 0.0690. The first-order chi connectivity index (χ1) is 9.61.